The van der Waals surface area contributed by atoms with Crippen molar-refractivity contribution >= 4 is 5.91 Å². The van der Waals surface area contributed by atoms with E-state index in [1.54, 1.807) is 11.2 Å². The lowest BCUT2D eigenvalue weighted by molar-refractivity contribution is -0.132. The van der Waals surface area contributed by atoms with E-state index in [2.05, 4.69) is 16.2 Å². The summed E-state index contributed by atoms with van der Waals surface area (Å²) in [6.45, 7) is 4.85. The van der Waals surface area contributed by atoms with Crippen LogP contribution in [-0.4, -0.2) is 51.7 Å². The lowest BCUT2D eigenvalue weighted by Gasteiger charge is -2.26. The van der Waals surface area contributed by atoms with Crippen LogP contribution in [0.2, 0.25) is 0 Å². The molecule has 0 bridgehead atoms. The molecule has 3 heterocycles. The van der Waals surface area contributed by atoms with Gasteiger partial charge in [-0.15, -0.1) is 0 Å². The minimum absolute atomic E-state index is 0.130. The minimum Gasteiger partial charge on any atom is -0.467 e. The zero-order valence-electron chi connectivity index (χ0n) is 13.8. The molecule has 1 atom stereocenters. The molecule has 3 rings (SSSR count). The van der Waals surface area contributed by atoms with Gasteiger partial charge in [-0.05, 0) is 44.0 Å². The molecule has 23 heavy (non-hydrogen) atoms. The molecule has 0 spiro atoms. The van der Waals surface area contributed by atoms with Gasteiger partial charge in [-0.3, -0.25) is 14.4 Å². The van der Waals surface area contributed by atoms with Crippen molar-refractivity contribution < 1.29 is 9.21 Å². The number of aromatic nitrogens is 2. The fourth-order valence-electron chi connectivity index (χ4n) is 3.11. The van der Waals surface area contributed by atoms with Gasteiger partial charge in [-0.25, -0.2) is 0 Å². The predicted molar refractivity (Wildman–Crippen MR) is 86.7 cm³/mol. The molecule has 0 N–H and O–H groups in total. The van der Waals surface area contributed by atoms with Gasteiger partial charge in [0.05, 0.1) is 32.1 Å². The average molecular weight is 316 g/mol. The molecular weight excluding hydrogens is 292 g/mol. The van der Waals surface area contributed by atoms with Gasteiger partial charge >= 0.3 is 0 Å². The quantitative estimate of drug-likeness (QED) is 0.817. The normalized spacial score (nSPS) is 18.4. The van der Waals surface area contributed by atoms with E-state index in [1.807, 2.05) is 37.0 Å². The Morgan fingerprint density at radius 2 is 2.39 bits per heavy atom. The lowest BCUT2D eigenvalue weighted by Crippen LogP contribution is -2.41. The minimum atomic E-state index is 0.130. The molecule has 1 unspecified atom stereocenters. The van der Waals surface area contributed by atoms with Crippen LogP contribution in [0, 0.1) is 6.92 Å². The Bertz CT molecular complexity index is 635. The Balaban J connectivity index is 1.54. The summed E-state index contributed by atoms with van der Waals surface area (Å²) in [6.07, 6.45) is 7.83. The van der Waals surface area contributed by atoms with Crippen LogP contribution in [-0.2, 0) is 17.9 Å². The number of hydrogen-bond acceptors (Lipinski definition) is 4. The number of likely N-dealkylation sites (N-methyl/N-ethyl adjacent to an activating group) is 1. The summed E-state index contributed by atoms with van der Waals surface area (Å²) in [5, 5.41) is 4.36. The molecule has 0 radical (unpaired) electrons. The summed E-state index contributed by atoms with van der Waals surface area (Å²) in [5.74, 6) is 0.941. The standard InChI is InChI=1S/C17H24N4O2/c1-14-9-18-21(10-14)11-15-5-3-7-20(15)13-17(22)19(2)12-16-6-4-8-23-16/h4,6,8-10,15H,3,5,7,11-13H2,1-2H3. The van der Waals surface area contributed by atoms with E-state index < -0.39 is 0 Å². The first-order valence-corrected chi connectivity index (χ1v) is 8.11. The smallest absolute Gasteiger partial charge is 0.236 e. The molecule has 0 aromatic carbocycles. The first-order chi connectivity index (χ1) is 11.1. The summed E-state index contributed by atoms with van der Waals surface area (Å²) in [4.78, 5) is 16.5. The number of nitrogens with zero attached hydrogens (tertiary/aromatic N) is 4. The van der Waals surface area contributed by atoms with E-state index in [1.165, 1.54) is 5.56 Å². The van der Waals surface area contributed by atoms with Crippen molar-refractivity contribution in [3.05, 3.63) is 42.1 Å². The van der Waals surface area contributed by atoms with Gasteiger partial charge in [0, 0.05) is 19.3 Å². The molecule has 1 fully saturated rings. The molecular formula is C17H24N4O2. The van der Waals surface area contributed by atoms with E-state index >= 15 is 0 Å². The molecule has 6 nitrogen and oxygen atoms in total. The Labute approximate surface area is 136 Å². The molecule has 0 aliphatic carbocycles. The first kappa shape index (κ1) is 15.8. The summed E-state index contributed by atoms with van der Waals surface area (Å²) in [7, 11) is 1.83. The fourth-order valence-corrected chi connectivity index (χ4v) is 3.11. The highest BCUT2D eigenvalue weighted by Gasteiger charge is 2.27. The van der Waals surface area contributed by atoms with Crippen molar-refractivity contribution in [2.24, 2.45) is 0 Å². The highest BCUT2D eigenvalue weighted by molar-refractivity contribution is 5.78. The van der Waals surface area contributed by atoms with Gasteiger partial charge in [0.2, 0.25) is 5.91 Å². The van der Waals surface area contributed by atoms with Gasteiger partial charge in [0.25, 0.3) is 0 Å². The van der Waals surface area contributed by atoms with Crippen LogP contribution in [0.1, 0.15) is 24.2 Å². The van der Waals surface area contributed by atoms with Gasteiger partial charge in [0.1, 0.15) is 5.76 Å². The number of aryl methyl sites for hydroxylation is 1. The second-order valence-electron chi connectivity index (χ2n) is 6.34. The molecule has 2 aromatic heterocycles. The van der Waals surface area contributed by atoms with Crippen LogP contribution >= 0.6 is 0 Å². The van der Waals surface area contributed by atoms with E-state index in [0.717, 1.165) is 31.7 Å². The number of hydrogen-bond donors (Lipinski definition) is 0. The molecule has 1 saturated heterocycles. The van der Waals surface area contributed by atoms with Crippen molar-refractivity contribution in [1.82, 2.24) is 19.6 Å². The number of rotatable bonds is 6. The Kier molecular flexibility index (Phi) is 4.81. The molecule has 124 valence electrons. The van der Waals surface area contributed by atoms with Crippen LogP contribution < -0.4 is 0 Å². The molecule has 1 aliphatic rings. The van der Waals surface area contributed by atoms with Crippen LogP contribution in [0.4, 0.5) is 0 Å². The van der Waals surface area contributed by atoms with Gasteiger partial charge in [-0.1, -0.05) is 0 Å². The third-order valence-corrected chi connectivity index (χ3v) is 4.40. The third kappa shape index (κ3) is 4.01. The number of amides is 1. The summed E-state index contributed by atoms with van der Waals surface area (Å²) >= 11 is 0. The van der Waals surface area contributed by atoms with E-state index in [-0.39, 0.29) is 5.91 Å². The summed E-state index contributed by atoms with van der Waals surface area (Å²) < 4.78 is 7.29. The van der Waals surface area contributed by atoms with Gasteiger partial charge in [0.15, 0.2) is 0 Å². The maximum absolute atomic E-state index is 12.4. The summed E-state index contributed by atoms with van der Waals surface area (Å²) in [6, 6.07) is 4.12. The number of carbonyl (C=O) groups is 1. The topological polar surface area (TPSA) is 54.5 Å². The van der Waals surface area contributed by atoms with Crippen LogP contribution in [0.15, 0.2) is 35.2 Å². The highest BCUT2D eigenvalue weighted by Crippen LogP contribution is 2.19. The molecule has 1 amide bonds. The Morgan fingerprint density at radius 1 is 1.52 bits per heavy atom. The second kappa shape index (κ2) is 7.00. The van der Waals surface area contributed by atoms with Crippen LogP contribution in [0.25, 0.3) is 0 Å². The lowest BCUT2D eigenvalue weighted by atomic mass is 10.2. The maximum atomic E-state index is 12.4. The van der Waals surface area contributed by atoms with Gasteiger partial charge < -0.3 is 9.32 Å². The number of furan rings is 1. The van der Waals surface area contributed by atoms with E-state index in [9.17, 15) is 4.79 Å². The highest BCUT2D eigenvalue weighted by atomic mass is 16.3. The van der Waals surface area contributed by atoms with E-state index in [0.29, 0.717) is 19.1 Å². The van der Waals surface area contributed by atoms with Crippen molar-refractivity contribution in [1.29, 1.82) is 0 Å². The largest absolute Gasteiger partial charge is 0.467 e. The Hall–Kier alpha value is -2.08. The maximum Gasteiger partial charge on any atom is 0.236 e. The monoisotopic (exact) mass is 316 g/mol. The molecule has 2 aromatic rings. The molecule has 0 saturated carbocycles. The zero-order valence-corrected chi connectivity index (χ0v) is 13.8. The zero-order chi connectivity index (χ0) is 16.2. The average Bonchev–Trinajstić information content (AvgIpc) is 3.24. The van der Waals surface area contributed by atoms with Crippen molar-refractivity contribution in [2.75, 3.05) is 20.1 Å². The third-order valence-electron chi connectivity index (χ3n) is 4.40. The van der Waals surface area contributed by atoms with Crippen molar-refractivity contribution in [3.8, 4) is 0 Å². The van der Waals surface area contributed by atoms with Crippen molar-refractivity contribution in [3.63, 3.8) is 0 Å². The van der Waals surface area contributed by atoms with Crippen LogP contribution in [0.3, 0.4) is 0 Å². The van der Waals surface area contributed by atoms with Crippen LogP contribution in [0.5, 0.6) is 0 Å². The fraction of sp³-hybridized carbons (Fsp3) is 0.529. The second-order valence-corrected chi connectivity index (χ2v) is 6.34. The SMILES string of the molecule is Cc1cnn(CC2CCCN2CC(=O)N(C)Cc2ccco2)c1. The van der Waals surface area contributed by atoms with Gasteiger partial charge in [-0.2, -0.15) is 5.10 Å². The predicted octanol–water partition coefficient (Wildman–Crippen LogP) is 1.91. The number of carbonyl (C=O) groups excluding carboxylic acids is 1. The molecule has 6 heteroatoms. The molecule has 1 aliphatic heterocycles. The number of likely N-dealkylation sites (tertiary alicyclic amines) is 1. The van der Waals surface area contributed by atoms with E-state index in [4.69, 9.17) is 4.42 Å². The van der Waals surface area contributed by atoms with Crippen molar-refractivity contribution in [2.45, 2.75) is 38.9 Å². The summed E-state index contributed by atoms with van der Waals surface area (Å²) in [5.41, 5.74) is 1.17. The Morgan fingerprint density at radius 3 is 3.09 bits per heavy atom. The first-order valence-electron chi connectivity index (χ1n) is 8.11.